The molecular formula is C36H38Cl2N10O5S2. The smallest absolute Gasteiger partial charge is 0.375 e. The highest BCUT2D eigenvalue weighted by Crippen LogP contribution is 2.28. The van der Waals surface area contributed by atoms with E-state index in [1.807, 2.05) is 83.6 Å². The van der Waals surface area contributed by atoms with Crippen molar-refractivity contribution in [3.8, 4) is 0 Å². The van der Waals surface area contributed by atoms with Gasteiger partial charge in [-0.3, -0.25) is 24.6 Å². The number of anilines is 2. The van der Waals surface area contributed by atoms with Gasteiger partial charge < -0.3 is 26.8 Å². The molecule has 2 atom stereocenters. The van der Waals surface area contributed by atoms with Gasteiger partial charge >= 0.3 is 5.97 Å². The molecule has 15 nitrogen and oxygen atoms in total. The normalized spacial score (nSPS) is 15.5. The van der Waals surface area contributed by atoms with Crippen molar-refractivity contribution in [2.24, 2.45) is 5.73 Å². The number of nitrogens with zero attached hydrogens (tertiary/aromatic N) is 4. The maximum absolute atomic E-state index is 12.4. The molecule has 6 heterocycles. The zero-order valence-corrected chi connectivity index (χ0v) is 32.3. The second kappa shape index (κ2) is 20.3. The van der Waals surface area contributed by atoms with Gasteiger partial charge in [-0.05, 0) is 59.7 Å². The quantitative estimate of drug-likeness (QED) is 0.113. The van der Waals surface area contributed by atoms with Gasteiger partial charge in [0, 0.05) is 22.6 Å². The van der Waals surface area contributed by atoms with Gasteiger partial charge in [0.25, 0.3) is 11.7 Å². The summed E-state index contributed by atoms with van der Waals surface area (Å²) in [5, 5.41) is 33.9. The van der Waals surface area contributed by atoms with Crippen LogP contribution in [0.2, 0.25) is 0 Å². The van der Waals surface area contributed by atoms with Crippen molar-refractivity contribution in [2.45, 2.75) is 50.6 Å². The Bertz CT molecular complexity index is 2170. The molecule has 0 aliphatic carbocycles. The Morgan fingerprint density at radius 3 is 1.75 bits per heavy atom. The van der Waals surface area contributed by atoms with Crippen molar-refractivity contribution in [1.29, 1.82) is 0 Å². The summed E-state index contributed by atoms with van der Waals surface area (Å²) >= 11 is 3.28. The molecule has 4 aromatic heterocycles. The Balaban J connectivity index is 0.000000197. The average molecular weight is 826 g/mol. The number of carbonyl (C=O) groups is 4. The molecule has 2 aliphatic heterocycles. The second-order valence-electron chi connectivity index (χ2n) is 12.0. The Morgan fingerprint density at radius 1 is 0.727 bits per heavy atom. The van der Waals surface area contributed by atoms with E-state index in [2.05, 4.69) is 46.3 Å². The van der Waals surface area contributed by atoms with Crippen LogP contribution in [0.3, 0.4) is 0 Å². The number of benzene rings is 2. The summed E-state index contributed by atoms with van der Waals surface area (Å²) in [5.41, 5.74) is 9.52. The van der Waals surface area contributed by atoms with Crippen molar-refractivity contribution in [3.05, 3.63) is 128 Å². The van der Waals surface area contributed by atoms with Gasteiger partial charge in [0.1, 0.15) is 17.7 Å². The van der Waals surface area contributed by atoms with Crippen LogP contribution in [0.4, 0.5) is 11.4 Å². The summed E-state index contributed by atoms with van der Waals surface area (Å²) in [7, 11) is 0. The number of fused-ring (bicyclic) bond motifs is 2. The monoisotopic (exact) mass is 824 g/mol. The molecule has 288 valence electrons. The molecule has 2 unspecified atom stereocenters. The Morgan fingerprint density at radius 2 is 1.22 bits per heavy atom. The maximum Gasteiger partial charge on any atom is 0.375 e. The van der Waals surface area contributed by atoms with Gasteiger partial charge in [-0.15, -0.1) is 57.7 Å². The molecule has 0 fully saturated rings. The van der Waals surface area contributed by atoms with Crippen LogP contribution in [-0.4, -0.2) is 71.2 Å². The SMILES string of the molecule is Cl.Cl.NC1CCc2sccc2NC1=O.O=C(NC1CCc2sccc2NC1=O)c1n[nH]c(Cc2ccccc2)n1.O=C(O)c1n[nH]c(Cc2ccccc2)n1. The number of halogens is 2. The third kappa shape index (κ3) is 11.8. The first-order valence-electron chi connectivity index (χ1n) is 16.7. The highest BCUT2D eigenvalue weighted by molar-refractivity contribution is 7.10. The molecule has 3 amide bonds. The van der Waals surface area contributed by atoms with Crippen molar-refractivity contribution < 1.29 is 24.3 Å². The Labute approximate surface area is 335 Å². The minimum atomic E-state index is -1.12. The minimum Gasteiger partial charge on any atom is -0.475 e. The molecule has 2 aromatic carbocycles. The van der Waals surface area contributed by atoms with E-state index in [0.717, 1.165) is 46.6 Å². The van der Waals surface area contributed by atoms with E-state index in [1.54, 1.807) is 22.7 Å². The maximum atomic E-state index is 12.4. The number of aromatic nitrogens is 6. The third-order valence-electron chi connectivity index (χ3n) is 8.19. The number of hydrogen-bond donors (Lipinski definition) is 7. The fraction of sp³-hybridized carbons (Fsp3) is 0.222. The number of carboxylic acids is 1. The number of nitrogens with two attached hydrogens (primary N) is 1. The van der Waals surface area contributed by atoms with Crippen LogP contribution in [0.1, 0.15) is 66.6 Å². The topological polar surface area (TPSA) is 234 Å². The number of aromatic carboxylic acids is 1. The van der Waals surface area contributed by atoms with Gasteiger partial charge in [-0.1, -0.05) is 60.7 Å². The van der Waals surface area contributed by atoms with Crippen LogP contribution in [0, 0.1) is 0 Å². The summed E-state index contributed by atoms with van der Waals surface area (Å²) < 4.78 is 0. The Hall–Kier alpha value is -5.46. The van der Waals surface area contributed by atoms with Crippen LogP contribution in [0.15, 0.2) is 83.6 Å². The lowest BCUT2D eigenvalue weighted by Crippen LogP contribution is -2.43. The van der Waals surface area contributed by atoms with E-state index in [0.29, 0.717) is 30.9 Å². The van der Waals surface area contributed by atoms with Crippen LogP contribution in [-0.2, 0) is 35.3 Å². The number of carbonyl (C=O) groups excluding carboxylic acids is 3. The van der Waals surface area contributed by atoms with Gasteiger partial charge in [0.15, 0.2) is 0 Å². The number of nitrogens with one attached hydrogen (secondary N) is 5. The van der Waals surface area contributed by atoms with Gasteiger partial charge in [-0.25, -0.2) is 14.8 Å². The first kappa shape index (κ1) is 42.3. The van der Waals surface area contributed by atoms with Crippen molar-refractivity contribution in [3.63, 3.8) is 0 Å². The fourth-order valence-electron chi connectivity index (χ4n) is 5.45. The minimum absolute atomic E-state index is 0. The predicted octanol–water partition coefficient (Wildman–Crippen LogP) is 5.04. The highest BCUT2D eigenvalue weighted by atomic mass is 35.5. The predicted molar refractivity (Wildman–Crippen MR) is 214 cm³/mol. The lowest BCUT2D eigenvalue weighted by Gasteiger charge is -2.13. The molecule has 2 aliphatic rings. The van der Waals surface area contributed by atoms with Gasteiger partial charge in [0.05, 0.1) is 17.4 Å². The van der Waals surface area contributed by atoms with Crippen LogP contribution in [0.5, 0.6) is 0 Å². The van der Waals surface area contributed by atoms with Crippen LogP contribution >= 0.6 is 47.5 Å². The zero-order chi connectivity index (χ0) is 37.2. The molecule has 0 spiro atoms. The molecule has 6 aromatic rings. The van der Waals surface area contributed by atoms with Crippen LogP contribution in [0.25, 0.3) is 0 Å². The molecule has 19 heteroatoms. The number of H-pyrrole nitrogens is 2. The zero-order valence-electron chi connectivity index (χ0n) is 29.1. The molecule has 0 saturated carbocycles. The average Bonchev–Trinajstić information content (AvgIpc) is 3.98. The molecule has 0 radical (unpaired) electrons. The largest absolute Gasteiger partial charge is 0.475 e. The summed E-state index contributed by atoms with van der Waals surface area (Å²) in [6.45, 7) is 0. The van der Waals surface area contributed by atoms with Crippen molar-refractivity contribution in [2.75, 3.05) is 10.6 Å². The second-order valence-corrected chi connectivity index (χ2v) is 14.0. The Kier molecular flexibility index (Phi) is 15.6. The van der Waals surface area contributed by atoms with Gasteiger partial charge in [-0.2, -0.15) is 0 Å². The van der Waals surface area contributed by atoms with E-state index in [9.17, 15) is 19.2 Å². The lowest BCUT2D eigenvalue weighted by molar-refractivity contribution is -0.118. The van der Waals surface area contributed by atoms with Crippen molar-refractivity contribution >= 4 is 82.6 Å². The van der Waals surface area contributed by atoms with Gasteiger partial charge in [0.2, 0.25) is 17.6 Å². The third-order valence-corrected chi connectivity index (χ3v) is 10.2. The number of aryl methyl sites for hydroxylation is 2. The molecule has 8 rings (SSSR count). The number of amides is 3. The number of aromatic amines is 2. The summed E-state index contributed by atoms with van der Waals surface area (Å²) in [6.07, 6.45) is 4.06. The lowest BCUT2D eigenvalue weighted by atomic mass is 10.1. The number of hydrogen-bond acceptors (Lipinski definition) is 11. The summed E-state index contributed by atoms with van der Waals surface area (Å²) in [6, 6.07) is 22.3. The fourth-order valence-corrected chi connectivity index (χ4v) is 7.15. The molecule has 8 N–H and O–H groups in total. The molecule has 55 heavy (non-hydrogen) atoms. The highest BCUT2D eigenvalue weighted by Gasteiger charge is 2.27. The standard InChI is InChI=1S/C18H17N5O2S.C10H9N3O2.C8H10N2OS.2ClH/c24-17-13(6-7-14-12(19-17)8-9-26-14)20-18(25)16-21-15(22-23-16)10-11-4-2-1-3-5-11;14-10(15)9-11-8(12-13-9)6-7-4-2-1-3-5-7;9-5-1-2-7-6(3-4-12-7)10-8(5)11;;/h1-5,8-9,13H,6-7,10H2,(H,19,24)(H,20,25)(H,21,22,23);1-5H,6H2,(H,14,15)(H,11,12,13);3-5H,1-2,9H2,(H,10,11);2*1H. The molecule has 0 bridgehead atoms. The summed E-state index contributed by atoms with van der Waals surface area (Å²) in [4.78, 5) is 56.9. The first-order chi connectivity index (χ1) is 25.7. The molecular weight excluding hydrogens is 788 g/mol. The molecule has 0 saturated heterocycles. The number of thiophene rings is 2. The van der Waals surface area contributed by atoms with E-state index < -0.39 is 17.9 Å². The number of rotatable bonds is 7. The van der Waals surface area contributed by atoms with E-state index in [1.165, 1.54) is 4.88 Å². The first-order valence-corrected chi connectivity index (χ1v) is 18.4. The summed E-state index contributed by atoms with van der Waals surface area (Å²) in [5.74, 6) is -0.838. The van der Waals surface area contributed by atoms with E-state index in [-0.39, 0.29) is 54.3 Å². The van der Waals surface area contributed by atoms with Crippen LogP contribution < -0.4 is 21.7 Å². The van der Waals surface area contributed by atoms with Crippen molar-refractivity contribution in [1.82, 2.24) is 35.7 Å². The van der Waals surface area contributed by atoms with E-state index in [4.69, 9.17) is 10.8 Å². The van der Waals surface area contributed by atoms with E-state index >= 15 is 0 Å². The number of carboxylic acid groups (broad SMARTS) is 1.